The lowest BCUT2D eigenvalue weighted by molar-refractivity contribution is -0.166. The summed E-state index contributed by atoms with van der Waals surface area (Å²) in [6.07, 6.45) is 6.07. The topological polar surface area (TPSA) is 52.6 Å². The quantitative estimate of drug-likeness (QED) is 0.374. The van der Waals surface area contributed by atoms with Crippen LogP contribution in [0.2, 0.25) is 0 Å². The first-order valence-corrected chi connectivity index (χ1v) is 11.0. The van der Waals surface area contributed by atoms with Crippen molar-refractivity contribution in [3.63, 3.8) is 0 Å². The summed E-state index contributed by atoms with van der Waals surface area (Å²) in [5.41, 5.74) is 2.31. The molecule has 0 saturated heterocycles. The highest BCUT2D eigenvalue weighted by Crippen LogP contribution is 2.73. The highest BCUT2D eigenvalue weighted by Gasteiger charge is 2.71. The van der Waals surface area contributed by atoms with Crippen LogP contribution in [0.5, 0.6) is 0 Å². The van der Waals surface area contributed by atoms with E-state index in [1.54, 1.807) is 0 Å². The minimum atomic E-state index is -0.413. The van der Waals surface area contributed by atoms with Crippen LogP contribution in [0.25, 0.3) is 0 Å². The van der Waals surface area contributed by atoms with Crippen molar-refractivity contribution in [2.45, 2.75) is 86.5 Å². The van der Waals surface area contributed by atoms with Crippen molar-refractivity contribution in [2.75, 3.05) is 13.2 Å². The molecule has 2 aliphatic rings. The number of fused-ring (bicyclic) bond motifs is 2. The largest absolute Gasteiger partial charge is 0.465 e. The molecule has 1 fully saturated rings. The maximum atomic E-state index is 13.2. The van der Waals surface area contributed by atoms with Gasteiger partial charge in [0.05, 0.1) is 25.0 Å². The minimum Gasteiger partial charge on any atom is -0.465 e. The second-order valence-corrected chi connectivity index (χ2v) is 8.15. The number of allylic oxidation sites excluding steroid dienone is 2. The van der Waals surface area contributed by atoms with Crippen LogP contribution in [0, 0.1) is 22.7 Å². The van der Waals surface area contributed by atoms with Crippen molar-refractivity contribution in [1.29, 1.82) is 0 Å². The maximum absolute atomic E-state index is 13.2. The lowest BCUT2D eigenvalue weighted by Crippen LogP contribution is -2.46. The molecule has 0 aromatic rings. The zero-order chi connectivity index (χ0) is 20.2. The van der Waals surface area contributed by atoms with Gasteiger partial charge in [-0.2, -0.15) is 0 Å². The monoisotopic (exact) mass is 378 g/mol. The average molecular weight is 379 g/mol. The van der Waals surface area contributed by atoms with Crippen LogP contribution in [-0.2, 0) is 19.1 Å². The van der Waals surface area contributed by atoms with Crippen LogP contribution in [0.4, 0.5) is 0 Å². The van der Waals surface area contributed by atoms with Crippen LogP contribution in [0.3, 0.4) is 0 Å². The zero-order valence-electron chi connectivity index (χ0n) is 18.2. The number of ether oxygens (including phenoxy) is 2. The molecule has 2 bridgehead atoms. The van der Waals surface area contributed by atoms with Crippen LogP contribution in [0.15, 0.2) is 11.1 Å². The molecule has 4 unspecified atom stereocenters. The Morgan fingerprint density at radius 3 is 1.41 bits per heavy atom. The smallest absolute Gasteiger partial charge is 0.310 e. The fraction of sp³-hybridized carbons (Fsp3) is 0.826. The van der Waals surface area contributed by atoms with Crippen LogP contribution >= 0.6 is 0 Å². The maximum Gasteiger partial charge on any atom is 0.310 e. The molecule has 0 radical (unpaired) electrons. The Balaban J connectivity index is 2.61. The number of rotatable bonds is 10. The Morgan fingerprint density at radius 2 is 1.15 bits per heavy atom. The highest BCUT2D eigenvalue weighted by atomic mass is 16.5. The lowest BCUT2D eigenvalue weighted by Gasteiger charge is -2.42. The van der Waals surface area contributed by atoms with Gasteiger partial charge in [0.1, 0.15) is 0 Å². The molecule has 1 saturated carbocycles. The predicted molar refractivity (Wildman–Crippen MR) is 107 cm³/mol. The van der Waals surface area contributed by atoms with E-state index in [1.807, 2.05) is 13.8 Å². The first-order chi connectivity index (χ1) is 12.9. The van der Waals surface area contributed by atoms with Gasteiger partial charge in [-0.05, 0) is 44.9 Å². The molecular formula is C23H38O4. The summed E-state index contributed by atoms with van der Waals surface area (Å²) >= 11 is 0. The summed E-state index contributed by atoms with van der Waals surface area (Å²) in [5, 5.41) is 0. The third kappa shape index (κ3) is 3.23. The summed E-state index contributed by atoms with van der Waals surface area (Å²) in [5.74, 6) is -1.23. The summed E-state index contributed by atoms with van der Waals surface area (Å²) < 4.78 is 11.2. The molecule has 0 aromatic heterocycles. The van der Waals surface area contributed by atoms with Gasteiger partial charge in [0.15, 0.2) is 0 Å². The number of esters is 2. The van der Waals surface area contributed by atoms with Crippen LogP contribution in [-0.4, -0.2) is 25.2 Å². The molecule has 0 N–H and O–H groups in total. The number of carbonyl (C=O) groups excluding carboxylic acids is 2. The molecule has 0 heterocycles. The Kier molecular flexibility index (Phi) is 7.15. The third-order valence-electron chi connectivity index (χ3n) is 7.09. The summed E-state index contributed by atoms with van der Waals surface area (Å²) in [6.45, 7) is 13.5. The lowest BCUT2D eigenvalue weighted by atomic mass is 9.61. The number of carbonyl (C=O) groups is 2. The second-order valence-electron chi connectivity index (χ2n) is 8.15. The van der Waals surface area contributed by atoms with E-state index in [-0.39, 0.29) is 22.8 Å². The number of hydrogen-bond donors (Lipinski definition) is 0. The van der Waals surface area contributed by atoms with Crippen molar-refractivity contribution in [3.8, 4) is 0 Å². The minimum absolute atomic E-state index is 0.200. The Bertz CT molecular complexity index is 543. The van der Waals surface area contributed by atoms with Gasteiger partial charge in [0.2, 0.25) is 0 Å². The molecule has 0 aromatic carbocycles. The molecule has 0 amide bonds. The molecule has 2 rings (SSSR count). The van der Waals surface area contributed by atoms with Gasteiger partial charge in [0, 0.05) is 10.8 Å². The van der Waals surface area contributed by atoms with Gasteiger partial charge in [-0.3, -0.25) is 9.59 Å². The molecule has 4 nitrogen and oxygen atoms in total. The van der Waals surface area contributed by atoms with Gasteiger partial charge in [0.25, 0.3) is 0 Å². The average Bonchev–Trinajstić information content (AvgIpc) is 3.16. The van der Waals surface area contributed by atoms with Crippen molar-refractivity contribution in [3.05, 3.63) is 11.1 Å². The van der Waals surface area contributed by atoms with E-state index >= 15 is 0 Å². The summed E-state index contributed by atoms with van der Waals surface area (Å²) in [6, 6.07) is 0. The van der Waals surface area contributed by atoms with Gasteiger partial charge in [-0.25, -0.2) is 0 Å². The first-order valence-electron chi connectivity index (χ1n) is 11.0. The molecule has 154 valence electrons. The van der Waals surface area contributed by atoms with Crippen LogP contribution in [0.1, 0.15) is 86.5 Å². The fourth-order valence-electron chi connectivity index (χ4n) is 6.17. The van der Waals surface area contributed by atoms with Crippen molar-refractivity contribution >= 4 is 11.9 Å². The van der Waals surface area contributed by atoms with Gasteiger partial charge in [-0.15, -0.1) is 0 Å². The molecule has 0 spiro atoms. The van der Waals surface area contributed by atoms with Gasteiger partial charge in [-0.1, -0.05) is 52.7 Å². The molecule has 0 aliphatic heterocycles. The van der Waals surface area contributed by atoms with Crippen molar-refractivity contribution < 1.29 is 19.1 Å². The van der Waals surface area contributed by atoms with E-state index in [1.165, 1.54) is 11.1 Å². The van der Waals surface area contributed by atoms with E-state index in [4.69, 9.17) is 9.47 Å². The Morgan fingerprint density at radius 1 is 0.778 bits per heavy atom. The third-order valence-corrected chi connectivity index (χ3v) is 7.09. The summed E-state index contributed by atoms with van der Waals surface area (Å²) in [7, 11) is 0. The molecule has 27 heavy (non-hydrogen) atoms. The fourth-order valence-corrected chi connectivity index (χ4v) is 6.17. The SMILES string of the molecule is CCCOC(=O)C1C(C(=O)OCCC)C2(CC)CC1(CC)C(CC)=C2CC. The summed E-state index contributed by atoms with van der Waals surface area (Å²) in [4.78, 5) is 26.4. The molecule has 2 aliphatic carbocycles. The molecular weight excluding hydrogens is 340 g/mol. The van der Waals surface area contributed by atoms with Crippen LogP contribution < -0.4 is 0 Å². The van der Waals surface area contributed by atoms with E-state index in [2.05, 4.69) is 27.7 Å². The van der Waals surface area contributed by atoms with E-state index in [0.717, 1.165) is 44.9 Å². The molecule has 4 atom stereocenters. The Hall–Kier alpha value is -1.32. The van der Waals surface area contributed by atoms with Gasteiger partial charge < -0.3 is 9.47 Å². The zero-order valence-corrected chi connectivity index (χ0v) is 18.2. The van der Waals surface area contributed by atoms with Gasteiger partial charge >= 0.3 is 11.9 Å². The predicted octanol–water partition coefficient (Wildman–Crippen LogP) is 5.45. The first kappa shape index (κ1) is 22.0. The van der Waals surface area contributed by atoms with E-state index < -0.39 is 11.8 Å². The molecule has 4 heteroatoms. The van der Waals surface area contributed by atoms with Crippen molar-refractivity contribution in [2.24, 2.45) is 22.7 Å². The number of hydrogen-bond acceptors (Lipinski definition) is 4. The standard InChI is InChI=1S/C23H38O4/c1-7-13-26-20(24)18-19(21(25)27-14-8-2)23(12-6)15-22(18,11-5)16(9-3)17(23)10-4/h18-19H,7-15H2,1-6H3. The van der Waals surface area contributed by atoms with E-state index in [0.29, 0.717) is 13.2 Å². The Labute approximate surface area is 165 Å². The second kappa shape index (κ2) is 8.79. The normalized spacial score (nSPS) is 32.1. The van der Waals surface area contributed by atoms with Crippen molar-refractivity contribution in [1.82, 2.24) is 0 Å². The van der Waals surface area contributed by atoms with E-state index in [9.17, 15) is 9.59 Å². The highest BCUT2D eigenvalue weighted by molar-refractivity contribution is 5.87.